The second kappa shape index (κ2) is 10.1. The largest absolute Gasteiger partial charge is 0.433 e. The third-order valence-corrected chi connectivity index (χ3v) is 8.40. The maximum Gasteiger partial charge on any atom is 0.433 e. The summed E-state index contributed by atoms with van der Waals surface area (Å²) in [6.07, 6.45) is -7.94. The molecule has 2 bridgehead atoms. The molecule has 1 amide bonds. The molecule has 4 aliphatic rings. The highest BCUT2D eigenvalue weighted by Crippen LogP contribution is 2.49. The highest BCUT2D eigenvalue weighted by Gasteiger charge is 2.57. The van der Waals surface area contributed by atoms with Crippen LogP contribution in [0.5, 0.6) is 0 Å². The molecule has 0 aromatic carbocycles. The van der Waals surface area contributed by atoms with Gasteiger partial charge in [-0.25, -0.2) is 9.97 Å². The van der Waals surface area contributed by atoms with Crippen LogP contribution in [0.15, 0.2) is 12.4 Å². The Morgan fingerprint density at radius 1 is 1.18 bits per heavy atom. The molecule has 4 heterocycles. The quantitative estimate of drug-likeness (QED) is 0.545. The monoisotopic (exact) mass is 551 g/mol. The maximum atomic E-state index is 13.8. The van der Waals surface area contributed by atoms with Gasteiger partial charge in [0.1, 0.15) is 17.8 Å². The smallest absolute Gasteiger partial charge is 0.379 e. The molecule has 0 spiro atoms. The number of methoxy groups -OCH3 is 1. The number of anilines is 1. The van der Waals surface area contributed by atoms with Crippen LogP contribution >= 0.6 is 0 Å². The third-order valence-electron chi connectivity index (χ3n) is 8.40. The first-order valence-electron chi connectivity index (χ1n) is 12.8. The Morgan fingerprint density at radius 2 is 1.97 bits per heavy atom. The van der Waals surface area contributed by atoms with Crippen LogP contribution in [0.4, 0.5) is 32.2 Å². The first-order chi connectivity index (χ1) is 17.9. The summed E-state index contributed by atoms with van der Waals surface area (Å²) in [4.78, 5) is 24.3. The van der Waals surface area contributed by atoms with Gasteiger partial charge in [-0.05, 0) is 32.1 Å². The zero-order valence-corrected chi connectivity index (χ0v) is 20.9. The summed E-state index contributed by atoms with van der Waals surface area (Å²) in [7, 11) is 1.57. The Bertz CT molecular complexity index is 1030. The van der Waals surface area contributed by atoms with Crippen molar-refractivity contribution in [2.75, 3.05) is 38.3 Å². The molecule has 1 aromatic heterocycles. The van der Waals surface area contributed by atoms with Crippen molar-refractivity contribution in [2.24, 2.45) is 5.41 Å². The van der Waals surface area contributed by atoms with Gasteiger partial charge in [0.05, 0.1) is 36.6 Å². The Hall–Kier alpha value is -2.19. The minimum absolute atomic E-state index is 0.0671. The molecule has 3 aliphatic heterocycles. The Labute approximate surface area is 216 Å². The molecule has 6 atom stereocenters. The van der Waals surface area contributed by atoms with Crippen LogP contribution < -0.4 is 10.2 Å². The molecule has 14 heteroatoms. The van der Waals surface area contributed by atoms with E-state index >= 15 is 0 Å². The number of alkyl halides is 6. The zero-order chi connectivity index (χ0) is 27.3. The highest BCUT2D eigenvalue weighted by molar-refractivity contribution is 5.84. The van der Waals surface area contributed by atoms with E-state index in [4.69, 9.17) is 9.47 Å². The molecule has 1 aromatic rings. The van der Waals surface area contributed by atoms with E-state index < -0.39 is 35.8 Å². The number of fused-ring (bicyclic) bond motifs is 2. The molecule has 1 N–H and O–H groups in total. The summed E-state index contributed by atoms with van der Waals surface area (Å²) in [5.74, 6) is -0.411. The predicted octanol–water partition coefficient (Wildman–Crippen LogP) is 3.17. The number of carbonyl (C=O) groups excluding carboxylic acids is 1. The Kier molecular flexibility index (Phi) is 7.27. The van der Waals surface area contributed by atoms with E-state index in [1.807, 2.05) is 0 Å². The van der Waals surface area contributed by atoms with Crippen molar-refractivity contribution in [3.63, 3.8) is 0 Å². The van der Waals surface area contributed by atoms with Crippen molar-refractivity contribution >= 4 is 11.7 Å². The number of hydrogen-bond donors (Lipinski definition) is 1. The molecule has 1 aliphatic carbocycles. The second-order valence-electron chi connectivity index (χ2n) is 10.8. The van der Waals surface area contributed by atoms with Gasteiger partial charge in [0.2, 0.25) is 5.91 Å². The number of piperazine rings is 1. The van der Waals surface area contributed by atoms with Crippen LogP contribution in [0.25, 0.3) is 0 Å². The van der Waals surface area contributed by atoms with Gasteiger partial charge in [-0.15, -0.1) is 0 Å². The van der Waals surface area contributed by atoms with Gasteiger partial charge < -0.3 is 24.6 Å². The van der Waals surface area contributed by atoms with Gasteiger partial charge in [0.25, 0.3) is 0 Å². The molecule has 38 heavy (non-hydrogen) atoms. The standard InChI is InChI=1S/C24H31F6N5O3/c1-37-18-11-38-5-3-17(18)33-14-2-4-22(8-14,12-23(25,26)27)21(36)35-10-15-6-16(35)9-34(15)20-7-19(24(28,29)30)31-13-32-20/h7,13-18,33H,2-6,8-12H2,1H3/t14-,15-,16-,17-,18+,22-/m0/s1. The van der Waals surface area contributed by atoms with Crippen LogP contribution in [-0.2, 0) is 20.4 Å². The minimum Gasteiger partial charge on any atom is -0.379 e. The number of aromatic nitrogens is 2. The van der Waals surface area contributed by atoms with Crippen LogP contribution in [0.1, 0.15) is 44.2 Å². The number of halogens is 6. The molecule has 212 valence electrons. The molecule has 3 saturated heterocycles. The Balaban J connectivity index is 1.29. The number of likely N-dealkylation sites (tertiary alicyclic amines) is 1. The molecule has 4 fully saturated rings. The van der Waals surface area contributed by atoms with Crippen LogP contribution in [0.2, 0.25) is 0 Å². The summed E-state index contributed by atoms with van der Waals surface area (Å²) in [5, 5.41) is 3.43. The van der Waals surface area contributed by atoms with Crippen LogP contribution in [-0.4, -0.2) is 90.6 Å². The van der Waals surface area contributed by atoms with E-state index in [0.29, 0.717) is 32.5 Å². The molecular weight excluding hydrogens is 520 g/mol. The zero-order valence-electron chi connectivity index (χ0n) is 20.9. The lowest BCUT2D eigenvalue weighted by Gasteiger charge is -2.40. The number of hydrogen-bond acceptors (Lipinski definition) is 7. The van der Waals surface area contributed by atoms with Crippen molar-refractivity contribution in [1.29, 1.82) is 0 Å². The minimum atomic E-state index is -4.62. The van der Waals surface area contributed by atoms with Gasteiger partial charge in [0, 0.05) is 45.0 Å². The van der Waals surface area contributed by atoms with E-state index in [1.165, 1.54) is 4.90 Å². The molecular formula is C24H31F6N5O3. The van der Waals surface area contributed by atoms with Gasteiger partial charge >= 0.3 is 12.4 Å². The topological polar surface area (TPSA) is 79.8 Å². The van der Waals surface area contributed by atoms with E-state index in [9.17, 15) is 31.1 Å². The normalized spacial score (nSPS) is 33.8. The first-order valence-corrected chi connectivity index (χ1v) is 12.8. The lowest BCUT2D eigenvalue weighted by atomic mass is 9.80. The van der Waals surface area contributed by atoms with Crippen molar-refractivity contribution < 1.29 is 40.6 Å². The molecule has 5 rings (SSSR count). The number of amides is 1. The molecule has 8 nitrogen and oxygen atoms in total. The van der Waals surface area contributed by atoms with Crippen molar-refractivity contribution in [3.05, 3.63) is 18.1 Å². The Morgan fingerprint density at radius 3 is 2.63 bits per heavy atom. The fraction of sp³-hybridized carbons (Fsp3) is 0.792. The predicted molar refractivity (Wildman–Crippen MR) is 122 cm³/mol. The lowest BCUT2D eigenvalue weighted by Crippen LogP contribution is -2.54. The summed E-state index contributed by atoms with van der Waals surface area (Å²) in [5.41, 5.74) is -2.63. The number of carbonyl (C=O) groups is 1. The lowest BCUT2D eigenvalue weighted by molar-refractivity contribution is -0.174. The van der Waals surface area contributed by atoms with Gasteiger partial charge in [-0.2, -0.15) is 26.3 Å². The van der Waals surface area contributed by atoms with E-state index in [0.717, 1.165) is 12.4 Å². The summed E-state index contributed by atoms with van der Waals surface area (Å²) < 4.78 is 91.5. The van der Waals surface area contributed by atoms with E-state index in [-0.39, 0.29) is 62.0 Å². The average Bonchev–Trinajstić information content (AvgIpc) is 3.58. The number of nitrogens with one attached hydrogen (secondary N) is 1. The van der Waals surface area contributed by atoms with Crippen LogP contribution in [0, 0.1) is 5.41 Å². The average molecular weight is 552 g/mol. The highest BCUT2D eigenvalue weighted by atomic mass is 19.4. The molecule has 0 unspecified atom stereocenters. The first kappa shape index (κ1) is 27.4. The summed E-state index contributed by atoms with van der Waals surface area (Å²) in [6.45, 7) is 1.29. The second-order valence-corrected chi connectivity index (χ2v) is 10.8. The number of rotatable bonds is 6. The van der Waals surface area contributed by atoms with Gasteiger partial charge in [0.15, 0.2) is 0 Å². The van der Waals surface area contributed by atoms with E-state index in [2.05, 4.69) is 15.3 Å². The summed E-state index contributed by atoms with van der Waals surface area (Å²) >= 11 is 0. The van der Waals surface area contributed by atoms with Gasteiger partial charge in [-0.1, -0.05) is 0 Å². The number of ether oxygens (including phenoxy) is 2. The molecule has 1 saturated carbocycles. The van der Waals surface area contributed by atoms with E-state index in [1.54, 1.807) is 12.0 Å². The van der Waals surface area contributed by atoms with Crippen molar-refractivity contribution in [3.8, 4) is 0 Å². The SMILES string of the molecule is CO[C@@H]1COCC[C@@H]1N[C@H]1CC[C@](CC(F)(F)F)(C(=O)N2C[C@@H]3C[C@H]2CN3c2cc(C(F)(F)F)ncn2)C1. The fourth-order valence-corrected chi connectivity index (χ4v) is 6.68. The van der Waals surface area contributed by atoms with Crippen molar-refractivity contribution in [2.45, 2.75) is 81.1 Å². The third kappa shape index (κ3) is 5.44. The number of nitrogens with zero attached hydrogens (tertiary/aromatic N) is 4. The van der Waals surface area contributed by atoms with Gasteiger partial charge in [-0.3, -0.25) is 4.79 Å². The maximum absolute atomic E-state index is 13.8. The van der Waals surface area contributed by atoms with Crippen LogP contribution in [0.3, 0.4) is 0 Å². The summed E-state index contributed by atoms with van der Waals surface area (Å²) in [6, 6.07) is -0.166. The molecule has 0 radical (unpaired) electrons. The fourth-order valence-electron chi connectivity index (χ4n) is 6.68. The van der Waals surface area contributed by atoms with Crippen molar-refractivity contribution in [1.82, 2.24) is 20.2 Å².